The van der Waals surface area contributed by atoms with Crippen LogP contribution in [0.15, 0.2) is 53.4 Å². The first-order valence-electron chi connectivity index (χ1n) is 11.4. The number of hydrogen-bond donors (Lipinski definition) is 1. The van der Waals surface area contributed by atoms with Crippen LogP contribution in [0.4, 0.5) is 9.39 Å². The lowest BCUT2D eigenvalue weighted by Gasteiger charge is -2.26. The number of nitrogens with zero attached hydrogens (tertiary/aromatic N) is 2. The second-order valence-electron chi connectivity index (χ2n) is 8.34. The summed E-state index contributed by atoms with van der Waals surface area (Å²) in [5.74, 6) is 0.560. The molecule has 2 aromatic carbocycles. The standard InChI is InChI=1S/C26H24FN3O2S3/c1-16(31)30-13-12-19-22(15-30)35-26(24(19)25-28-20-5-2-3-6-21(20)34-25)29-23(32)7-4-14-33-18-10-8-17(27)9-11-18/h2-3,5-6,8-11H,4,7,12-15H2,1H3,(H,29,32). The van der Waals surface area contributed by atoms with E-state index in [1.807, 2.05) is 23.1 Å². The van der Waals surface area contributed by atoms with Gasteiger partial charge in [0.15, 0.2) is 0 Å². The number of amides is 2. The monoisotopic (exact) mass is 525 g/mol. The molecule has 0 atom stereocenters. The highest BCUT2D eigenvalue weighted by Gasteiger charge is 2.28. The van der Waals surface area contributed by atoms with E-state index in [0.29, 0.717) is 25.9 Å². The summed E-state index contributed by atoms with van der Waals surface area (Å²) in [5.41, 5.74) is 3.14. The molecule has 0 unspecified atom stereocenters. The van der Waals surface area contributed by atoms with Crippen LogP contribution in [0.3, 0.4) is 0 Å². The number of benzene rings is 2. The molecule has 2 amide bonds. The molecule has 1 aliphatic heterocycles. The van der Waals surface area contributed by atoms with Gasteiger partial charge in [-0.15, -0.1) is 34.4 Å². The highest BCUT2D eigenvalue weighted by atomic mass is 32.2. The number of fused-ring (bicyclic) bond motifs is 2. The van der Waals surface area contributed by atoms with Gasteiger partial charge in [0.25, 0.3) is 0 Å². The van der Waals surface area contributed by atoms with Gasteiger partial charge in [-0.3, -0.25) is 9.59 Å². The molecular formula is C26H24FN3O2S3. The number of halogens is 1. The Bertz CT molecular complexity index is 1350. The molecule has 0 spiro atoms. The lowest BCUT2D eigenvalue weighted by atomic mass is 10.0. The number of thiazole rings is 1. The average molecular weight is 526 g/mol. The van der Waals surface area contributed by atoms with Crippen molar-refractivity contribution in [3.05, 3.63) is 64.8 Å². The first kappa shape index (κ1) is 24.0. The minimum Gasteiger partial charge on any atom is -0.337 e. The van der Waals surface area contributed by atoms with Crippen molar-refractivity contribution in [2.75, 3.05) is 17.6 Å². The molecule has 0 saturated heterocycles. The van der Waals surface area contributed by atoms with E-state index in [2.05, 4.69) is 11.4 Å². The van der Waals surface area contributed by atoms with Crippen LogP contribution in [0.5, 0.6) is 0 Å². The number of thiophene rings is 1. The molecule has 1 N–H and O–H groups in total. The second kappa shape index (κ2) is 10.5. The van der Waals surface area contributed by atoms with Crippen molar-refractivity contribution < 1.29 is 14.0 Å². The number of para-hydroxylation sites is 1. The summed E-state index contributed by atoms with van der Waals surface area (Å²) in [6.07, 6.45) is 1.87. The van der Waals surface area contributed by atoms with E-state index in [0.717, 1.165) is 47.7 Å². The fraction of sp³-hybridized carbons (Fsp3) is 0.269. The Hall–Kier alpha value is -2.75. The third-order valence-electron chi connectivity index (χ3n) is 5.89. The summed E-state index contributed by atoms with van der Waals surface area (Å²) in [5, 5.41) is 4.86. The number of thioether (sulfide) groups is 1. The molecule has 0 fully saturated rings. The summed E-state index contributed by atoms with van der Waals surface area (Å²) in [4.78, 5) is 33.6. The summed E-state index contributed by atoms with van der Waals surface area (Å²) in [7, 11) is 0. The lowest BCUT2D eigenvalue weighted by Crippen LogP contribution is -2.33. The van der Waals surface area contributed by atoms with Crippen molar-refractivity contribution in [1.82, 2.24) is 9.88 Å². The van der Waals surface area contributed by atoms with Crippen LogP contribution in [-0.2, 0) is 22.6 Å². The van der Waals surface area contributed by atoms with Crippen LogP contribution in [0, 0.1) is 5.82 Å². The molecule has 0 aliphatic carbocycles. The number of rotatable bonds is 7. The zero-order valence-corrected chi connectivity index (χ0v) is 21.6. The minimum absolute atomic E-state index is 0.0333. The Morgan fingerprint density at radius 2 is 1.94 bits per heavy atom. The van der Waals surface area contributed by atoms with Gasteiger partial charge in [-0.05, 0) is 60.6 Å². The van der Waals surface area contributed by atoms with Crippen LogP contribution in [0.1, 0.15) is 30.2 Å². The van der Waals surface area contributed by atoms with E-state index in [1.54, 1.807) is 53.5 Å². The van der Waals surface area contributed by atoms with Crippen molar-refractivity contribution in [2.24, 2.45) is 0 Å². The Kier molecular flexibility index (Phi) is 7.17. The maximum Gasteiger partial charge on any atom is 0.225 e. The van der Waals surface area contributed by atoms with Crippen molar-refractivity contribution in [3.8, 4) is 10.6 Å². The SMILES string of the molecule is CC(=O)N1CCc2c(sc(NC(=O)CCCSc3ccc(F)cc3)c2-c2nc3ccccc3s2)C1. The molecule has 2 aromatic heterocycles. The second-order valence-corrected chi connectivity index (χ2v) is 11.6. The molecular weight excluding hydrogens is 502 g/mol. The summed E-state index contributed by atoms with van der Waals surface area (Å²) >= 11 is 4.80. The highest BCUT2D eigenvalue weighted by Crippen LogP contribution is 2.45. The highest BCUT2D eigenvalue weighted by molar-refractivity contribution is 7.99. The maximum absolute atomic E-state index is 13.1. The zero-order chi connectivity index (χ0) is 24.4. The third kappa shape index (κ3) is 5.42. The first-order chi connectivity index (χ1) is 17.0. The van der Waals surface area contributed by atoms with Crippen LogP contribution >= 0.6 is 34.4 Å². The Morgan fingerprint density at radius 3 is 2.71 bits per heavy atom. The molecule has 3 heterocycles. The predicted octanol–water partition coefficient (Wildman–Crippen LogP) is 6.58. The molecule has 5 rings (SSSR count). The summed E-state index contributed by atoms with van der Waals surface area (Å²) in [6.45, 7) is 2.84. The van der Waals surface area contributed by atoms with Gasteiger partial charge < -0.3 is 10.2 Å². The van der Waals surface area contributed by atoms with E-state index in [-0.39, 0.29) is 17.6 Å². The average Bonchev–Trinajstić information content (AvgIpc) is 3.42. The topological polar surface area (TPSA) is 62.3 Å². The molecule has 0 saturated carbocycles. The molecule has 9 heteroatoms. The van der Waals surface area contributed by atoms with Gasteiger partial charge in [-0.2, -0.15) is 0 Å². The summed E-state index contributed by atoms with van der Waals surface area (Å²) < 4.78 is 14.2. The minimum atomic E-state index is -0.247. The fourth-order valence-electron chi connectivity index (χ4n) is 4.11. The molecule has 180 valence electrons. The smallest absolute Gasteiger partial charge is 0.225 e. The molecule has 1 aliphatic rings. The van der Waals surface area contributed by atoms with Gasteiger partial charge in [0.1, 0.15) is 15.8 Å². The van der Waals surface area contributed by atoms with Crippen molar-refractivity contribution >= 4 is 61.5 Å². The van der Waals surface area contributed by atoms with Gasteiger partial charge in [0, 0.05) is 35.2 Å². The third-order valence-corrected chi connectivity index (χ3v) is 9.18. The van der Waals surface area contributed by atoms with Crippen molar-refractivity contribution in [2.45, 2.75) is 37.6 Å². The molecule has 0 radical (unpaired) electrons. The first-order valence-corrected chi connectivity index (χ1v) is 14.0. The van der Waals surface area contributed by atoms with E-state index in [1.165, 1.54) is 17.7 Å². The van der Waals surface area contributed by atoms with E-state index >= 15 is 0 Å². The number of aromatic nitrogens is 1. The Labute approximate surface area is 215 Å². The Morgan fingerprint density at radius 1 is 1.14 bits per heavy atom. The normalized spacial score (nSPS) is 13.1. The van der Waals surface area contributed by atoms with Crippen LogP contribution in [-0.4, -0.2) is 34.0 Å². The van der Waals surface area contributed by atoms with Crippen LogP contribution < -0.4 is 5.32 Å². The number of anilines is 1. The van der Waals surface area contributed by atoms with Crippen LogP contribution in [0.2, 0.25) is 0 Å². The maximum atomic E-state index is 13.1. The number of carbonyl (C=O) groups is 2. The van der Waals surface area contributed by atoms with Crippen LogP contribution in [0.25, 0.3) is 20.8 Å². The fourth-order valence-corrected chi connectivity index (χ4v) is 7.35. The van der Waals surface area contributed by atoms with Gasteiger partial charge in [-0.1, -0.05) is 12.1 Å². The molecule has 5 nitrogen and oxygen atoms in total. The molecule has 4 aromatic rings. The number of nitrogens with one attached hydrogen (secondary N) is 1. The van der Waals surface area contributed by atoms with E-state index in [9.17, 15) is 14.0 Å². The lowest BCUT2D eigenvalue weighted by molar-refractivity contribution is -0.129. The van der Waals surface area contributed by atoms with E-state index < -0.39 is 0 Å². The van der Waals surface area contributed by atoms with Crippen molar-refractivity contribution in [1.29, 1.82) is 0 Å². The predicted molar refractivity (Wildman–Crippen MR) is 143 cm³/mol. The number of hydrogen-bond acceptors (Lipinski definition) is 6. The number of carbonyl (C=O) groups excluding carboxylic acids is 2. The van der Waals surface area contributed by atoms with Gasteiger partial charge in [0.2, 0.25) is 11.8 Å². The van der Waals surface area contributed by atoms with Gasteiger partial charge >= 0.3 is 0 Å². The largest absolute Gasteiger partial charge is 0.337 e. The quantitative estimate of drug-likeness (QED) is 0.219. The van der Waals surface area contributed by atoms with Crippen molar-refractivity contribution in [3.63, 3.8) is 0 Å². The zero-order valence-electron chi connectivity index (χ0n) is 19.2. The van der Waals surface area contributed by atoms with Gasteiger partial charge in [0.05, 0.1) is 16.8 Å². The van der Waals surface area contributed by atoms with E-state index in [4.69, 9.17) is 4.98 Å². The molecule has 35 heavy (non-hydrogen) atoms. The molecule has 0 bridgehead atoms. The summed E-state index contributed by atoms with van der Waals surface area (Å²) in [6, 6.07) is 14.5. The Balaban J connectivity index is 1.33. The van der Waals surface area contributed by atoms with Gasteiger partial charge in [-0.25, -0.2) is 9.37 Å².